The first-order valence-electron chi connectivity index (χ1n) is 10.1. The number of oxime groups is 1. The Labute approximate surface area is 180 Å². The van der Waals surface area contributed by atoms with Crippen LogP contribution in [0.25, 0.3) is 0 Å². The second-order valence-electron chi connectivity index (χ2n) is 7.38. The Morgan fingerprint density at radius 3 is 2.68 bits per heavy atom. The van der Waals surface area contributed by atoms with Gasteiger partial charge in [0.25, 0.3) is 5.91 Å². The molecule has 1 amide bonds. The van der Waals surface area contributed by atoms with Gasteiger partial charge < -0.3 is 14.5 Å². The summed E-state index contributed by atoms with van der Waals surface area (Å²) < 4.78 is 19.0. The minimum atomic E-state index is -0.445. The molecule has 5 nitrogen and oxygen atoms in total. The summed E-state index contributed by atoms with van der Waals surface area (Å²) in [5, 5.41) is 4.22. The Bertz CT molecular complexity index is 1080. The first kappa shape index (κ1) is 20.6. The number of rotatable bonds is 7. The lowest BCUT2D eigenvalue weighted by Crippen LogP contribution is -2.37. The summed E-state index contributed by atoms with van der Waals surface area (Å²) >= 11 is 0. The van der Waals surface area contributed by atoms with Gasteiger partial charge in [-0.05, 0) is 41.5 Å². The molecule has 0 saturated carbocycles. The van der Waals surface area contributed by atoms with Gasteiger partial charge in [0.1, 0.15) is 11.6 Å². The molecule has 1 heterocycles. The molecule has 0 aromatic heterocycles. The van der Waals surface area contributed by atoms with Crippen molar-refractivity contribution < 1.29 is 18.8 Å². The zero-order chi connectivity index (χ0) is 21.6. The molecule has 4 rings (SSSR count). The molecule has 31 heavy (non-hydrogen) atoms. The molecule has 0 bridgehead atoms. The maximum Gasteiger partial charge on any atom is 0.254 e. The van der Waals surface area contributed by atoms with Gasteiger partial charge in [0.2, 0.25) is 0 Å². The topological polar surface area (TPSA) is 51.1 Å². The highest BCUT2D eigenvalue weighted by molar-refractivity contribution is 6.01. The molecule has 6 heteroatoms. The van der Waals surface area contributed by atoms with Gasteiger partial charge in [-0.1, -0.05) is 53.7 Å². The molecule has 1 atom stereocenters. The summed E-state index contributed by atoms with van der Waals surface area (Å²) in [7, 11) is 1.60. The molecular weight excluding hydrogens is 395 g/mol. The second-order valence-corrected chi connectivity index (χ2v) is 7.38. The first-order valence-corrected chi connectivity index (χ1v) is 10.1. The molecule has 1 aliphatic heterocycles. The van der Waals surface area contributed by atoms with Gasteiger partial charge in [0, 0.05) is 18.5 Å². The monoisotopic (exact) mass is 418 g/mol. The number of ether oxygens (including phenoxy) is 1. The third-order valence-corrected chi connectivity index (χ3v) is 5.13. The van der Waals surface area contributed by atoms with Crippen LogP contribution in [0, 0.1) is 5.82 Å². The highest BCUT2D eigenvalue weighted by atomic mass is 19.1. The minimum absolute atomic E-state index is 0.265. The van der Waals surface area contributed by atoms with E-state index in [2.05, 4.69) is 5.16 Å². The number of nitrogens with zero attached hydrogens (tertiary/aromatic N) is 2. The Hall–Kier alpha value is -3.67. The smallest absolute Gasteiger partial charge is 0.254 e. The molecule has 1 unspecified atom stereocenters. The molecular formula is C25H23FN2O3. The van der Waals surface area contributed by atoms with E-state index in [0.717, 1.165) is 16.8 Å². The Morgan fingerprint density at radius 1 is 1.10 bits per heavy atom. The molecule has 3 aromatic rings. The van der Waals surface area contributed by atoms with Crippen LogP contribution in [0.2, 0.25) is 0 Å². The van der Waals surface area contributed by atoms with Gasteiger partial charge in [-0.15, -0.1) is 0 Å². The summed E-state index contributed by atoms with van der Waals surface area (Å²) in [5.74, 6) is 0.000503. The zero-order valence-corrected chi connectivity index (χ0v) is 17.2. The highest BCUT2D eigenvalue weighted by Gasteiger charge is 2.27. The van der Waals surface area contributed by atoms with E-state index in [1.54, 1.807) is 18.1 Å². The lowest BCUT2D eigenvalue weighted by molar-refractivity contribution is 0.0405. The van der Waals surface area contributed by atoms with Crippen molar-refractivity contribution in [1.29, 1.82) is 0 Å². The van der Waals surface area contributed by atoms with E-state index in [9.17, 15) is 9.18 Å². The zero-order valence-electron chi connectivity index (χ0n) is 17.2. The predicted octanol–water partition coefficient (Wildman–Crippen LogP) is 4.67. The Kier molecular flexibility index (Phi) is 6.26. The molecule has 1 aliphatic rings. The van der Waals surface area contributed by atoms with Crippen LogP contribution in [0.4, 0.5) is 4.39 Å². The van der Waals surface area contributed by atoms with Gasteiger partial charge in [0.15, 0.2) is 6.10 Å². The summed E-state index contributed by atoms with van der Waals surface area (Å²) in [6, 6.07) is 23.1. The number of halogens is 1. The van der Waals surface area contributed by atoms with Crippen LogP contribution in [0.5, 0.6) is 5.75 Å². The van der Waals surface area contributed by atoms with Crippen LogP contribution in [-0.4, -0.2) is 36.3 Å². The lowest BCUT2D eigenvalue weighted by atomic mass is 10.0. The van der Waals surface area contributed by atoms with Crippen molar-refractivity contribution in [2.24, 2.45) is 5.16 Å². The van der Waals surface area contributed by atoms with Crippen LogP contribution in [0.15, 0.2) is 84.0 Å². The SMILES string of the molecule is COc1cccc(CN(CC2CC(c3ccccc3)=NO2)C(=O)c2cccc(F)c2)c1. The van der Waals surface area contributed by atoms with Crippen LogP contribution < -0.4 is 4.74 Å². The van der Waals surface area contributed by atoms with Crippen LogP contribution >= 0.6 is 0 Å². The third-order valence-electron chi connectivity index (χ3n) is 5.13. The maximum absolute atomic E-state index is 13.7. The van der Waals surface area contributed by atoms with Crippen molar-refractivity contribution in [1.82, 2.24) is 4.90 Å². The van der Waals surface area contributed by atoms with E-state index in [1.807, 2.05) is 54.6 Å². The average molecular weight is 418 g/mol. The van der Waals surface area contributed by atoms with Crippen molar-refractivity contribution in [2.45, 2.75) is 19.1 Å². The van der Waals surface area contributed by atoms with Crippen molar-refractivity contribution in [3.63, 3.8) is 0 Å². The van der Waals surface area contributed by atoms with Gasteiger partial charge in [-0.3, -0.25) is 4.79 Å². The van der Waals surface area contributed by atoms with Crippen molar-refractivity contribution >= 4 is 11.6 Å². The van der Waals surface area contributed by atoms with E-state index in [4.69, 9.17) is 9.57 Å². The largest absolute Gasteiger partial charge is 0.497 e. The number of hydrogen-bond acceptors (Lipinski definition) is 4. The fraction of sp³-hybridized carbons (Fsp3) is 0.200. The van der Waals surface area contributed by atoms with E-state index < -0.39 is 5.82 Å². The van der Waals surface area contributed by atoms with Gasteiger partial charge in [-0.25, -0.2) is 4.39 Å². The average Bonchev–Trinajstić information content (AvgIpc) is 3.27. The standard InChI is InChI=1S/C25H23FN2O3/c1-30-22-12-5-7-18(13-22)16-28(25(29)20-10-6-11-21(26)14-20)17-23-15-24(27-31-23)19-8-3-2-4-9-19/h2-14,23H,15-17H2,1H3. The van der Waals surface area contributed by atoms with Crippen molar-refractivity contribution in [3.05, 3.63) is 101 Å². The first-order chi connectivity index (χ1) is 15.1. The van der Waals surface area contributed by atoms with Crippen molar-refractivity contribution in [3.8, 4) is 5.75 Å². The summed E-state index contributed by atoms with van der Waals surface area (Å²) in [4.78, 5) is 20.5. The summed E-state index contributed by atoms with van der Waals surface area (Å²) in [6.45, 7) is 0.666. The van der Waals surface area contributed by atoms with E-state index >= 15 is 0 Å². The van der Waals surface area contributed by atoms with Crippen LogP contribution in [0.3, 0.4) is 0 Å². The maximum atomic E-state index is 13.7. The fourth-order valence-electron chi connectivity index (χ4n) is 3.59. The number of hydrogen-bond donors (Lipinski definition) is 0. The van der Waals surface area contributed by atoms with Gasteiger partial charge in [0.05, 0.1) is 19.4 Å². The Balaban J connectivity index is 1.53. The quantitative estimate of drug-likeness (QED) is 0.560. The minimum Gasteiger partial charge on any atom is -0.497 e. The molecule has 0 fully saturated rings. The Morgan fingerprint density at radius 2 is 1.90 bits per heavy atom. The predicted molar refractivity (Wildman–Crippen MR) is 117 cm³/mol. The van der Waals surface area contributed by atoms with Crippen LogP contribution in [0.1, 0.15) is 27.9 Å². The number of carbonyl (C=O) groups excluding carboxylic acids is 1. The van der Waals surface area contributed by atoms with E-state index in [1.165, 1.54) is 18.2 Å². The van der Waals surface area contributed by atoms with E-state index in [-0.39, 0.29) is 12.0 Å². The lowest BCUT2D eigenvalue weighted by Gasteiger charge is -2.25. The van der Waals surface area contributed by atoms with Crippen LogP contribution in [-0.2, 0) is 11.4 Å². The molecule has 3 aromatic carbocycles. The fourth-order valence-corrected chi connectivity index (χ4v) is 3.59. The summed E-state index contributed by atoms with van der Waals surface area (Å²) in [5.41, 5.74) is 3.06. The molecule has 0 N–H and O–H groups in total. The molecule has 0 saturated heterocycles. The number of methoxy groups -OCH3 is 1. The normalized spacial score (nSPS) is 15.2. The van der Waals surface area contributed by atoms with Crippen molar-refractivity contribution in [2.75, 3.05) is 13.7 Å². The van der Waals surface area contributed by atoms with E-state index in [0.29, 0.717) is 30.8 Å². The molecule has 0 spiro atoms. The van der Waals surface area contributed by atoms with Gasteiger partial charge >= 0.3 is 0 Å². The number of amides is 1. The second kappa shape index (κ2) is 9.43. The molecule has 0 aliphatic carbocycles. The third kappa shape index (κ3) is 5.09. The molecule has 0 radical (unpaired) electrons. The number of carbonyl (C=O) groups is 1. The molecule has 158 valence electrons. The highest BCUT2D eigenvalue weighted by Crippen LogP contribution is 2.21. The summed E-state index contributed by atoms with van der Waals surface area (Å²) in [6.07, 6.45) is 0.313. The van der Waals surface area contributed by atoms with Gasteiger partial charge in [-0.2, -0.15) is 0 Å². The number of benzene rings is 3.